The Morgan fingerprint density at radius 3 is 2.67 bits per heavy atom. The highest BCUT2D eigenvalue weighted by molar-refractivity contribution is 5.82. The Morgan fingerprint density at radius 1 is 1.33 bits per heavy atom. The standard InChI is InChI=1S/C19H31N3O2/c1-5-22(6-2)12-18(13(3)4)21-19(24)17-10-14-7-8-16(23)9-15(14)11-20-17/h7-9,13,17-18,20,23H,5-6,10-12H2,1-4H3,(H,21,24)/t17-,18-/m1/s1. The van der Waals surface area contributed by atoms with E-state index >= 15 is 0 Å². The summed E-state index contributed by atoms with van der Waals surface area (Å²) in [5.41, 5.74) is 2.21. The van der Waals surface area contributed by atoms with E-state index in [2.05, 4.69) is 43.2 Å². The average Bonchev–Trinajstić information content (AvgIpc) is 2.57. The van der Waals surface area contributed by atoms with Crippen molar-refractivity contribution in [3.05, 3.63) is 29.3 Å². The van der Waals surface area contributed by atoms with Crippen LogP contribution in [0, 0.1) is 5.92 Å². The van der Waals surface area contributed by atoms with E-state index in [0.29, 0.717) is 18.9 Å². The van der Waals surface area contributed by atoms with E-state index in [1.807, 2.05) is 6.07 Å². The van der Waals surface area contributed by atoms with Crippen LogP contribution in [0.3, 0.4) is 0 Å². The van der Waals surface area contributed by atoms with Crippen molar-refractivity contribution >= 4 is 5.91 Å². The van der Waals surface area contributed by atoms with Gasteiger partial charge >= 0.3 is 0 Å². The molecule has 1 amide bonds. The minimum Gasteiger partial charge on any atom is -0.508 e. The number of nitrogens with one attached hydrogen (secondary N) is 2. The Labute approximate surface area is 145 Å². The van der Waals surface area contributed by atoms with E-state index in [0.717, 1.165) is 30.8 Å². The zero-order chi connectivity index (χ0) is 17.7. The molecule has 1 aromatic carbocycles. The fourth-order valence-electron chi connectivity index (χ4n) is 3.15. The Balaban J connectivity index is 1.99. The molecule has 0 aliphatic carbocycles. The molecule has 2 rings (SSSR count). The smallest absolute Gasteiger partial charge is 0.237 e. The predicted molar refractivity (Wildman–Crippen MR) is 97.0 cm³/mol. The predicted octanol–water partition coefficient (Wildman–Crippen LogP) is 1.89. The van der Waals surface area contributed by atoms with Gasteiger partial charge in [0.1, 0.15) is 5.75 Å². The number of nitrogens with zero attached hydrogens (tertiary/aromatic N) is 1. The quantitative estimate of drug-likeness (QED) is 0.713. The van der Waals surface area contributed by atoms with Gasteiger partial charge in [-0.1, -0.05) is 33.8 Å². The Morgan fingerprint density at radius 2 is 2.04 bits per heavy atom. The molecule has 0 bridgehead atoms. The molecular formula is C19H31N3O2. The molecular weight excluding hydrogens is 302 g/mol. The van der Waals surface area contributed by atoms with Crippen molar-refractivity contribution in [1.82, 2.24) is 15.5 Å². The molecule has 0 saturated carbocycles. The van der Waals surface area contributed by atoms with Gasteiger partial charge in [-0.15, -0.1) is 0 Å². The minimum absolute atomic E-state index is 0.0691. The normalized spacial score (nSPS) is 18.5. The fourth-order valence-corrected chi connectivity index (χ4v) is 3.15. The van der Waals surface area contributed by atoms with Crippen molar-refractivity contribution in [2.24, 2.45) is 5.92 Å². The lowest BCUT2D eigenvalue weighted by molar-refractivity contribution is -0.124. The number of rotatable bonds is 7. The van der Waals surface area contributed by atoms with Gasteiger partial charge in [0.25, 0.3) is 0 Å². The fraction of sp³-hybridized carbons (Fsp3) is 0.632. The number of hydrogen-bond donors (Lipinski definition) is 3. The molecule has 134 valence electrons. The van der Waals surface area contributed by atoms with Gasteiger partial charge < -0.3 is 20.6 Å². The van der Waals surface area contributed by atoms with E-state index in [1.165, 1.54) is 0 Å². The molecule has 0 aromatic heterocycles. The van der Waals surface area contributed by atoms with Crippen molar-refractivity contribution < 1.29 is 9.90 Å². The molecule has 24 heavy (non-hydrogen) atoms. The van der Waals surface area contributed by atoms with E-state index < -0.39 is 0 Å². The zero-order valence-corrected chi connectivity index (χ0v) is 15.3. The minimum atomic E-state index is -0.208. The maximum Gasteiger partial charge on any atom is 0.237 e. The molecule has 1 aromatic rings. The third kappa shape index (κ3) is 4.71. The number of carbonyl (C=O) groups is 1. The summed E-state index contributed by atoms with van der Waals surface area (Å²) in [6.07, 6.45) is 0.664. The molecule has 5 heteroatoms. The number of likely N-dealkylation sites (N-methyl/N-ethyl adjacent to an activating group) is 1. The van der Waals surface area contributed by atoms with Gasteiger partial charge in [0.2, 0.25) is 5.91 Å². The van der Waals surface area contributed by atoms with Crippen molar-refractivity contribution in [3.8, 4) is 5.75 Å². The first kappa shape index (κ1) is 18.7. The van der Waals surface area contributed by atoms with E-state index in [9.17, 15) is 9.90 Å². The Kier molecular flexibility index (Phi) is 6.63. The topological polar surface area (TPSA) is 64.6 Å². The molecule has 0 saturated heterocycles. The lowest BCUT2D eigenvalue weighted by Crippen LogP contribution is -2.54. The van der Waals surface area contributed by atoms with Crippen LogP contribution < -0.4 is 10.6 Å². The number of hydrogen-bond acceptors (Lipinski definition) is 4. The number of carbonyl (C=O) groups excluding carboxylic acids is 1. The second-order valence-corrected chi connectivity index (χ2v) is 6.94. The molecule has 2 atom stereocenters. The summed E-state index contributed by atoms with van der Waals surface area (Å²) >= 11 is 0. The molecule has 1 heterocycles. The number of aromatic hydroxyl groups is 1. The van der Waals surface area contributed by atoms with Crippen molar-refractivity contribution in [1.29, 1.82) is 0 Å². The van der Waals surface area contributed by atoms with Crippen LogP contribution >= 0.6 is 0 Å². The van der Waals surface area contributed by atoms with Crippen molar-refractivity contribution in [2.45, 2.75) is 52.7 Å². The van der Waals surface area contributed by atoms with Gasteiger partial charge in [0.15, 0.2) is 0 Å². The zero-order valence-electron chi connectivity index (χ0n) is 15.3. The number of phenolic OH excluding ortho intramolecular Hbond substituents is 1. The van der Waals surface area contributed by atoms with Crippen LogP contribution in [0.1, 0.15) is 38.8 Å². The van der Waals surface area contributed by atoms with Crippen molar-refractivity contribution in [2.75, 3.05) is 19.6 Å². The van der Waals surface area contributed by atoms with E-state index in [-0.39, 0.29) is 23.7 Å². The van der Waals surface area contributed by atoms with Gasteiger partial charge in [0.05, 0.1) is 6.04 Å². The van der Waals surface area contributed by atoms with Crippen LogP contribution in [0.4, 0.5) is 0 Å². The SMILES string of the molecule is CCN(CC)C[C@@H](NC(=O)[C@H]1Cc2ccc(O)cc2CN1)C(C)C. The number of fused-ring (bicyclic) bond motifs is 1. The Hall–Kier alpha value is -1.59. The first-order chi connectivity index (χ1) is 11.4. The second kappa shape index (κ2) is 8.49. The van der Waals surface area contributed by atoms with Gasteiger partial charge in [-0.05, 0) is 48.7 Å². The average molecular weight is 333 g/mol. The molecule has 3 N–H and O–H groups in total. The second-order valence-electron chi connectivity index (χ2n) is 6.94. The maximum atomic E-state index is 12.7. The summed E-state index contributed by atoms with van der Waals surface area (Å²) in [4.78, 5) is 15.1. The monoisotopic (exact) mass is 333 g/mol. The molecule has 0 unspecified atom stereocenters. The summed E-state index contributed by atoms with van der Waals surface area (Å²) in [7, 11) is 0. The maximum absolute atomic E-state index is 12.7. The van der Waals surface area contributed by atoms with Crippen LogP contribution in [0.2, 0.25) is 0 Å². The first-order valence-corrected chi connectivity index (χ1v) is 9.01. The highest BCUT2D eigenvalue weighted by Crippen LogP contribution is 2.21. The van der Waals surface area contributed by atoms with E-state index in [1.54, 1.807) is 12.1 Å². The molecule has 0 fully saturated rings. The molecule has 1 aliphatic rings. The Bertz CT molecular complexity index is 556. The van der Waals surface area contributed by atoms with Crippen LogP contribution in [-0.2, 0) is 17.8 Å². The lowest BCUT2D eigenvalue weighted by atomic mass is 9.94. The van der Waals surface area contributed by atoms with Gasteiger partial charge in [0, 0.05) is 19.1 Å². The van der Waals surface area contributed by atoms with Gasteiger partial charge in [-0.25, -0.2) is 0 Å². The third-order valence-electron chi connectivity index (χ3n) is 4.95. The summed E-state index contributed by atoms with van der Waals surface area (Å²) in [5.74, 6) is 0.736. The summed E-state index contributed by atoms with van der Waals surface area (Å²) in [6.45, 7) is 12.1. The molecule has 0 spiro atoms. The van der Waals surface area contributed by atoms with Gasteiger partial charge in [-0.2, -0.15) is 0 Å². The number of phenols is 1. The van der Waals surface area contributed by atoms with E-state index in [4.69, 9.17) is 0 Å². The number of benzene rings is 1. The highest BCUT2D eigenvalue weighted by Gasteiger charge is 2.27. The summed E-state index contributed by atoms with van der Waals surface area (Å²) < 4.78 is 0. The number of amides is 1. The van der Waals surface area contributed by atoms with Crippen molar-refractivity contribution in [3.63, 3.8) is 0 Å². The third-order valence-corrected chi connectivity index (χ3v) is 4.95. The molecule has 5 nitrogen and oxygen atoms in total. The van der Waals surface area contributed by atoms with Crippen LogP contribution in [0.25, 0.3) is 0 Å². The molecule has 0 radical (unpaired) electrons. The van der Waals surface area contributed by atoms with Crippen LogP contribution in [-0.4, -0.2) is 47.6 Å². The molecule has 1 aliphatic heterocycles. The summed E-state index contributed by atoms with van der Waals surface area (Å²) in [5, 5.41) is 16.1. The van der Waals surface area contributed by atoms with Crippen LogP contribution in [0.5, 0.6) is 5.75 Å². The largest absolute Gasteiger partial charge is 0.508 e. The lowest BCUT2D eigenvalue weighted by Gasteiger charge is -2.32. The summed E-state index contributed by atoms with van der Waals surface area (Å²) in [6, 6.07) is 5.33. The highest BCUT2D eigenvalue weighted by atomic mass is 16.3. The first-order valence-electron chi connectivity index (χ1n) is 9.01. The van der Waals surface area contributed by atoms with Crippen LogP contribution in [0.15, 0.2) is 18.2 Å². The van der Waals surface area contributed by atoms with Gasteiger partial charge in [-0.3, -0.25) is 4.79 Å².